The minimum absolute atomic E-state index is 0. The van der Waals surface area contributed by atoms with Crippen molar-refractivity contribution < 1.29 is 0 Å². The van der Waals surface area contributed by atoms with E-state index in [-0.39, 0.29) is 24.0 Å². The predicted octanol–water partition coefficient (Wildman–Crippen LogP) is 3.95. The van der Waals surface area contributed by atoms with Crippen LogP contribution in [0.25, 0.3) is 0 Å². The van der Waals surface area contributed by atoms with Gasteiger partial charge in [-0.05, 0) is 6.92 Å². The van der Waals surface area contributed by atoms with Gasteiger partial charge in [0, 0.05) is 0 Å². The summed E-state index contributed by atoms with van der Waals surface area (Å²) >= 11 is 0. The minimum Gasteiger partial charge on any atom is -0.107 e. The molecular formula is C9H17I. The van der Waals surface area contributed by atoms with Crippen LogP contribution in [0.4, 0.5) is 0 Å². The fraction of sp³-hybridized carbons (Fsp3) is 0.333. The molecule has 0 spiro atoms. The van der Waals surface area contributed by atoms with Crippen molar-refractivity contribution in [3.63, 3.8) is 0 Å². The maximum atomic E-state index is 3.66. The molecule has 0 amide bonds. The molecule has 0 aliphatic heterocycles. The molecule has 0 rings (SSSR count). The van der Waals surface area contributed by atoms with Gasteiger partial charge in [-0.2, -0.15) is 0 Å². The molecule has 0 heterocycles. The third-order valence-electron chi connectivity index (χ3n) is 0.517. The van der Waals surface area contributed by atoms with Crippen LogP contribution in [0.3, 0.4) is 0 Å². The van der Waals surface area contributed by atoms with Gasteiger partial charge < -0.3 is 0 Å². The van der Waals surface area contributed by atoms with E-state index in [1.165, 1.54) is 0 Å². The van der Waals surface area contributed by atoms with Crippen molar-refractivity contribution >= 4 is 24.0 Å². The van der Waals surface area contributed by atoms with Crippen LogP contribution < -0.4 is 0 Å². The molecule has 0 fully saturated rings. The molecule has 0 unspecified atom stereocenters. The second-order valence-electron chi connectivity index (χ2n) is 1.44. The van der Waals surface area contributed by atoms with E-state index in [1.54, 1.807) is 6.08 Å². The lowest BCUT2D eigenvalue weighted by Crippen LogP contribution is -1.55. The van der Waals surface area contributed by atoms with E-state index in [2.05, 4.69) is 13.2 Å². The van der Waals surface area contributed by atoms with Gasteiger partial charge in [0.15, 0.2) is 0 Å². The van der Waals surface area contributed by atoms with Crippen molar-refractivity contribution in [2.75, 3.05) is 0 Å². The molecule has 60 valence electrons. The van der Waals surface area contributed by atoms with Crippen LogP contribution in [0.5, 0.6) is 0 Å². The maximum Gasteiger partial charge on any atom is -0.0404 e. The second-order valence-corrected chi connectivity index (χ2v) is 1.44. The fourth-order valence-corrected chi connectivity index (χ4v) is 0.232. The zero-order valence-electron chi connectivity index (χ0n) is 7.05. The maximum absolute atomic E-state index is 3.66. The highest BCUT2D eigenvalue weighted by atomic mass is 127. The first kappa shape index (κ1) is 16.5. The normalized spacial score (nSPS) is 7.10. The van der Waals surface area contributed by atoms with Crippen molar-refractivity contribution in [3.8, 4) is 0 Å². The predicted molar refractivity (Wildman–Crippen MR) is 60.9 cm³/mol. The van der Waals surface area contributed by atoms with Gasteiger partial charge in [-0.25, -0.2) is 0 Å². The summed E-state index contributed by atoms with van der Waals surface area (Å²) in [6, 6.07) is 0. The Balaban J connectivity index is -0.000000149. The first-order valence-corrected chi connectivity index (χ1v) is 3.22. The van der Waals surface area contributed by atoms with Crippen molar-refractivity contribution in [2.45, 2.75) is 20.8 Å². The van der Waals surface area contributed by atoms with Gasteiger partial charge >= 0.3 is 0 Å². The Hall–Kier alpha value is -0.0500. The van der Waals surface area contributed by atoms with Crippen molar-refractivity contribution in [1.82, 2.24) is 0 Å². The Labute approximate surface area is 81.7 Å². The Morgan fingerprint density at radius 3 is 1.80 bits per heavy atom. The van der Waals surface area contributed by atoms with E-state index in [9.17, 15) is 0 Å². The van der Waals surface area contributed by atoms with Gasteiger partial charge in [0.2, 0.25) is 0 Å². The molecule has 0 saturated heterocycles. The quantitative estimate of drug-likeness (QED) is 0.515. The Bertz CT molecular complexity index is 101. The summed E-state index contributed by atoms with van der Waals surface area (Å²) in [5.74, 6) is 0. The zero-order chi connectivity index (χ0) is 7.70. The van der Waals surface area contributed by atoms with Crippen LogP contribution in [-0.4, -0.2) is 0 Å². The highest BCUT2D eigenvalue weighted by Gasteiger charge is 1.65. The topological polar surface area (TPSA) is 0 Å². The Morgan fingerprint density at radius 1 is 1.30 bits per heavy atom. The first-order valence-electron chi connectivity index (χ1n) is 3.22. The number of allylic oxidation sites excluding steroid dienone is 4. The summed E-state index contributed by atoms with van der Waals surface area (Å²) in [6.45, 7) is 13.1. The van der Waals surface area contributed by atoms with Gasteiger partial charge in [-0.15, -0.1) is 24.0 Å². The standard InChI is InChI=1S/C7H10.C2H6.HI/c1-4-5-6-7(2)3;1-2;/h4-6H,1-2H2,3H3;1-2H3;1H/b6-5-;;. The van der Waals surface area contributed by atoms with Crippen LogP contribution in [0.1, 0.15) is 20.8 Å². The molecule has 0 atom stereocenters. The zero-order valence-corrected chi connectivity index (χ0v) is 9.38. The van der Waals surface area contributed by atoms with Gasteiger partial charge in [0.05, 0.1) is 0 Å². The van der Waals surface area contributed by atoms with Gasteiger partial charge in [-0.1, -0.05) is 50.8 Å². The van der Waals surface area contributed by atoms with E-state index in [1.807, 2.05) is 32.9 Å². The highest BCUT2D eigenvalue weighted by Crippen LogP contribution is 1.86. The first-order chi connectivity index (χ1) is 4.27. The largest absolute Gasteiger partial charge is 0.107 e. The molecule has 0 aromatic heterocycles. The molecule has 0 aliphatic rings. The lowest BCUT2D eigenvalue weighted by molar-refractivity contribution is 1.50. The van der Waals surface area contributed by atoms with Crippen LogP contribution in [0, 0.1) is 0 Å². The highest BCUT2D eigenvalue weighted by molar-refractivity contribution is 14.0. The molecule has 0 radical (unpaired) electrons. The summed E-state index contributed by atoms with van der Waals surface area (Å²) < 4.78 is 0. The average molecular weight is 252 g/mol. The lowest BCUT2D eigenvalue weighted by Gasteiger charge is -1.77. The molecule has 0 bridgehead atoms. The number of rotatable bonds is 2. The van der Waals surface area contributed by atoms with Gasteiger partial charge in [0.1, 0.15) is 0 Å². The molecule has 0 N–H and O–H groups in total. The molecule has 0 aromatic rings. The summed E-state index contributed by atoms with van der Waals surface area (Å²) in [7, 11) is 0. The SMILES string of the molecule is C=C/C=C\C(=C)C.CC.I. The van der Waals surface area contributed by atoms with Crippen molar-refractivity contribution in [2.24, 2.45) is 0 Å². The summed E-state index contributed by atoms with van der Waals surface area (Å²) in [5, 5.41) is 0. The van der Waals surface area contributed by atoms with Crippen molar-refractivity contribution in [3.05, 3.63) is 37.0 Å². The van der Waals surface area contributed by atoms with Crippen LogP contribution in [0.15, 0.2) is 37.0 Å². The molecule has 1 heteroatoms. The Kier molecular flexibility index (Phi) is 26.4. The van der Waals surface area contributed by atoms with Crippen LogP contribution >= 0.6 is 24.0 Å². The fourth-order valence-electron chi connectivity index (χ4n) is 0.232. The molecule has 0 nitrogen and oxygen atoms in total. The monoisotopic (exact) mass is 252 g/mol. The average Bonchev–Trinajstić information content (AvgIpc) is 1.88. The van der Waals surface area contributed by atoms with E-state index in [0.29, 0.717) is 0 Å². The molecule has 0 aliphatic carbocycles. The van der Waals surface area contributed by atoms with Crippen LogP contribution in [0.2, 0.25) is 0 Å². The van der Waals surface area contributed by atoms with E-state index in [0.717, 1.165) is 5.57 Å². The third-order valence-corrected chi connectivity index (χ3v) is 0.517. The lowest BCUT2D eigenvalue weighted by atomic mass is 10.3. The Morgan fingerprint density at radius 2 is 1.70 bits per heavy atom. The summed E-state index contributed by atoms with van der Waals surface area (Å²) in [4.78, 5) is 0. The third kappa shape index (κ3) is 24.6. The smallest absolute Gasteiger partial charge is 0.0404 e. The molecule has 10 heavy (non-hydrogen) atoms. The van der Waals surface area contributed by atoms with E-state index < -0.39 is 0 Å². The number of hydrogen-bond acceptors (Lipinski definition) is 0. The minimum atomic E-state index is 0. The molecule has 0 aromatic carbocycles. The molecular weight excluding hydrogens is 235 g/mol. The number of halogens is 1. The second kappa shape index (κ2) is 16.0. The number of hydrogen-bond donors (Lipinski definition) is 0. The van der Waals surface area contributed by atoms with Crippen molar-refractivity contribution in [1.29, 1.82) is 0 Å². The van der Waals surface area contributed by atoms with E-state index >= 15 is 0 Å². The van der Waals surface area contributed by atoms with Gasteiger partial charge in [-0.3, -0.25) is 0 Å². The van der Waals surface area contributed by atoms with Crippen LogP contribution in [-0.2, 0) is 0 Å². The molecule has 0 saturated carbocycles. The summed E-state index contributed by atoms with van der Waals surface area (Å²) in [5.41, 5.74) is 1.06. The van der Waals surface area contributed by atoms with E-state index in [4.69, 9.17) is 0 Å². The van der Waals surface area contributed by atoms with Gasteiger partial charge in [0.25, 0.3) is 0 Å². The summed E-state index contributed by atoms with van der Waals surface area (Å²) in [6.07, 6.45) is 5.50.